The van der Waals surface area contributed by atoms with Crippen molar-refractivity contribution in [2.24, 2.45) is 40.9 Å². The molecule has 0 bridgehead atoms. The predicted molar refractivity (Wildman–Crippen MR) is 269 cm³/mol. The normalized spacial score (nSPS) is 26.4. The van der Waals surface area contributed by atoms with Crippen LogP contribution in [0.15, 0.2) is 47.6 Å². The number of hydrogen-bond donors (Lipinski definition) is 2. The van der Waals surface area contributed by atoms with Crippen LogP contribution in [0.5, 0.6) is 0 Å². The molecule has 14 atom stereocenters. The summed E-state index contributed by atoms with van der Waals surface area (Å²) in [6.07, 6.45) is 14.1. The fourth-order valence-electron chi connectivity index (χ4n) is 9.97. The number of nitrogens with zero attached hydrogens (tertiary/aromatic N) is 1. The number of Topliss-reactive ketones (excluding diaryl/α,β-unsaturated/α-hetero) is 3. The quantitative estimate of drug-likeness (QED) is 0.0345. The molecule has 3 aliphatic rings. The number of amides is 1. The van der Waals surface area contributed by atoms with Crippen LogP contribution in [0.25, 0.3) is 0 Å². The van der Waals surface area contributed by atoms with E-state index in [9.17, 15) is 39.0 Å². The molecule has 0 radical (unpaired) electrons. The first-order valence-electron chi connectivity index (χ1n) is 26.0. The summed E-state index contributed by atoms with van der Waals surface area (Å²) in [6, 6.07) is -0.958. The number of methoxy groups -OCH3 is 3. The number of ether oxygens (including phenoxy) is 5. The summed E-state index contributed by atoms with van der Waals surface area (Å²) >= 11 is 0. The number of rotatable bonds is 27. The largest absolute Gasteiger partial charge is 0.462 e. The molecule has 14 heteroatoms. The summed E-state index contributed by atoms with van der Waals surface area (Å²) < 4.78 is 28.7. The average molecular weight is 984 g/mol. The minimum atomic E-state index is -1.32. The lowest BCUT2D eigenvalue weighted by Crippen LogP contribution is -2.53. The van der Waals surface area contributed by atoms with Gasteiger partial charge in [0.05, 0.1) is 24.2 Å². The SMILES string of the molecule is CCC(C)(C)C(=O)C(=O)N1CCCCC1C(=O)OC(CC(=O)C(C)/C=C(\C)C(O)C(OC)C(=O)C(C)CC(C)/C=C/C=C/C=C(\C)C(CC1CCC(C)C(=O)O1)OC)C(C)CC1CCC(O)C(OC)C1. The summed E-state index contributed by atoms with van der Waals surface area (Å²) in [7, 11) is 4.61. The first kappa shape index (κ1) is 60.5. The third-order valence-corrected chi connectivity index (χ3v) is 15.3. The van der Waals surface area contributed by atoms with Gasteiger partial charge in [0.2, 0.25) is 5.78 Å². The summed E-state index contributed by atoms with van der Waals surface area (Å²) in [5.41, 5.74) is 0.519. The molecule has 396 valence electrons. The van der Waals surface area contributed by atoms with Crippen LogP contribution in [-0.2, 0) is 52.5 Å². The zero-order valence-corrected chi connectivity index (χ0v) is 44.8. The Kier molecular flexibility index (Phi) is 25.1. The maximum atomic E-state index is 14.1. The van der Waals surface area contributed by atoms with Crippen LogP contribution in [-0.4, -0.2) is 127 Å². The Hall–Kier alpha value is -3.82. The molecule has 0 spiro atoms. The van der Waals surface area contributed by atoms with Gasteiger partial charge in [0.1, 0.15) is 36.2 Å². The van der Waals surface area contributed by atoms with Crippen LogP contribution in [0.4, 0.5) is 0 Å². The Morgan fingerprint density at radius 2 is 1.60 bits per heavy atom. The third-order valence-electron chi connectivity index (χ3n) is 15.3. The van der Waals surface area contributed by atoms with Crippen molar-refractivity contribution < 1.29 is 62.7 Å². The summed E-state index contributed by atoms with van der Waals surface area (Å²) in [6.45, 7) is 18.5. The van der Waals surface area contributed by atoms with Gasteiger partial charge in [0, 0.05) is 58.0 Å². The van der Waals surface area contributed by atoms with E-state index in [0.29, 0.717) is 63.4 Å². The van der Waals surface area contributed by atoms with E-state index in [-0.39, 0.29) is 72.5 Å². The van der Waals surface area contributed by atoms with Crippen LogP contribution in [0.2, 0.25) is 0 Å². The monoisotopic (exact) mass is 984 g/mol. The van der Waals surface area contributed by atoms with Crippen molar-refractivity contribution in [1.82, 2.24) is 4.90 Å². The van der Waals surface area contributed by atoms with Crippen LogP contribution in [0, 0.1) is 40.9 Å². The fourth-order valence-corrected chi connectivity index (χ4v) is 9.97. The lowest BCUT2D eigenvalue weighted by Gasteiger charge is -2.37. The van der Waals surface area contributed by atoms with Crippen LogP contribution < -0.4 is 0 Å². The smallest absolute Gasteiger partial charge is 0.329 e. The highest BCUT2D eigenvalue weighted by Gasteiger charge is 2.42. The topological polar surface area (TPSA) is 192 Å². The fraction of sp³-hybridized carbons (Fsp3) is 0.750. The van der Waals surface area contributed by atoms with E-state index in [1.165, 1.54) is 12.0 Å². The summed E-state index contributed by atoms with van der Waals surface area (Å²) in [5.74, 6) is -3.89. The van der Waals surface area contributed by atoms with Crippen molar-refractivity contribution in [2.45, 2.75) is 201 Å². The lowest BCUT2D eigenvalue weighted by atomic mass is 9.78. The molecule has 3 fully saturated rings. The number of cyclic esters (lactones) is 1. The number of esters is 2. The second kappa shape index (κ2) is 29.0. The lowest BCUT2D eigenvalue weighted by molar-refractivity contribution is -0.167. The van der Waals surface area contributed by atoms with Gasteiger partial charge in [-0.2, -0.15) is 0 Å². The molecule has 3 rings (SSSR count). The van der Waals surface area contributed by atoms with E-state index < -0.39 is 65.4 Å². The molecular weight excluding hydrogens is 895 g/mol. The molecule has 2 N–H and O–H groups in total. The highest BCUT2D eigenvalue weighted by molar-refractivity contribution is 6.38. The molecule has 0 aromatic rings. The van der Waals surface area contributed by atoms with Gasteiger partial charge in [-0.15, -0.1) is 0 Å². The van der Waals surface area contributed by atoms with E-state index >= 15 is 0 Å². The molecule has 14 unspecified atom stereocenters. The van der Waals surface area contributed by atoms with Crippen molar-refractivity contribution >= 4 is 35.2 Å². The highest BCUT2D eigenvalue weighted by Crippen LogP contribution is 2.35. The van der Waals surface area contributed by atoms with Crippen molar-refractivity contribution in [3.63, 3.8) is 0 Å². The Balaban J connectivity index is 1.68. The van der Waals surface area contributed by atoms with Gasteiger partial charge in [-0.05, 0) is 113 Å². The van der Waals surface area contributed by atoms with Crippen LogP contribution in [0.1, 0.15) is 153 Å². The van der Waals surface area contributed by atoms with Crippen molar-refractivity contribution in [3.8, 4) is 0 Å². The standard InChI is InChI=1S/C56H89NO13/c1-14-56(9,10)52(62)53(63)57-27-19-18-22-43(57)55(65)70-47(38(6)30-41-24-26-44(58)48(31-41)67-12)33-45(59)37(5)29-40(8)50(61)51(68-13)49(60)39(7)28-34(2)20-16-15-17-21-35(3)46(66-11)32-42-25-23-36(4)54(64)69-42/h15-17,20-21,29,34,36-39,41-44,46-48,50-51,58,61H,14,18-19,22-28,30-33H2,1-13H3/b17-15+,20-16+,35-21+,40-29+. The van der Waals surface area contributed by atoms with E-state index in [1.807, 2.05) is 71.9 Å². The molecule has 2 heterocycles. The second-order valence-corrected chi connectivity index (χ2v) is 21.5. The number of allylic oxidation sites excluding steroid dienone is 6. The van der Waals surface area contributed by atoms with E-state index in [4.69, 9.17) is 23.7 Å². The number of aliphatic hydroxyl groups is 2. The summed E-state index contributed by atoms with van der Waals surface area (Å²) in [5, 5.41) is 21.9. The number of likely N-dealkylation sites (tertiary alicyclic amines) is 1. The maximum absolute atomic E-state index is 14.1. The Morgan fingerprint density at radius 3 is 2.23 bits per heavy atom. The average Bonchev–Trinajstić information content (AvgIpc) is 3.33. The van der Waals surface area contributed by atoms with E-state index in [0.717, 1.165) is 24.8 Å². The molecule has 14 nitrogen and oxygen atoms in total. The van der Waals surface area contributed by atoms with Gasteiger partial charge in [0.15, 0.2) is 5.78 Å². The molecule has 1 saturated carbocycles. The molecule has 0 aromatic carbocycles. The number of piperidine rings is 1. The Morgan fingerprint density at radius 1 is 0.900 bits per heavy atom. The van der Waals surface area contributed by atoms with Gasteiger partial charge >= 0.3 is 11.9 Å². The number of carbonyl (C=O) groups is 6. The van der Waals surface area contributed by atoms with Gasteiger partial charge in [-0.25, -0.2) is 4.79 Å². The minimum Gasteiger partial charge on any atom is -0.462 e. The van der Waals surface area contributed by atoms with Gasteiger partial charge in [-0.1, -0.05) is 91.8 Å². The number of hydrogen-bond acceptors (Lipinski definition) is 13. The number of carbonyl (C=O) groups excluding carboxylic acids is 6. The summed E-state index contributed by atoms with van der Waals surface area (Å²) in [4.78, 5) is 82.2. The van der Waals surface area contributed by atoms with E-state index in [1.54, 1.807) is 48.0 Å². The molecule has 1 amide bonds. The molecule has 1 aliphatic carbocycles. The Labute approximate surface area is 419 Å². The van der Waals surface area contributed by atoms with E-state index in [2.05, 4.69) is 0 Å². The molecule has 0 aromatic heterocycles. The van der Waals surface area contributed by atoms with Crippen molar-refractivity contribution in [2.75, 3.05) is 27.9 Å². The number of aliphatic hydroxyl groups excluding tert-OH is 2. The van der Waals surface area contributed by atoms with Crippen molar-refractivity contribution in [1.29, 1.82) is 0 Å². The van der Waals surface area contributed by atoms with Crippen LogP contribution >= 0.6 is 0 Å². The first-order chi connectivity index (χ1) is 33.0. The number of ketones is 3. The zero-order chi connectivity index (χ0) is 52.5. The molecule has 2 saturated heterocycles. The highest BCUT2D eigenvalue weighted by atomic mass is 16.6. The van der Waals surface area contributed by atoms with Crippen molar-refractivity contribution in [3.05, 3.63) is 47.6 Å². The third kappa shape index (κ3) is 17.7. The van der Waals surface area contributed by atoms with Gasteiger partial charge < -0.3 is 38.8 Å². The van der Waals surface area contributed by atoms with Gasteiger partial charge in [0.25, 0.3) is 5.91 Å². The van der Waals surface area contributed by atoms with Gasteiger partial charge in [-0.3, -0.25) is 24.0 Å². The molecule has 70 heavy (non-hydrogen) atoms. The molecular formula is C56H89NO13. The maximum Gasteiger partial charge on any atom is 0.329 e. The minimum absolute atomic E-state index is 0.0284. The Bertz CT molecular complexity index is 1870. The second-order valence-electron chi connectivity index (χ2n) is 21.5. The predicted octanol–water partition coefficient (Wildman–Crippen LogP) is 8.44. The van der Waals surface area contributed by atoms with Crippen LogP contribution in [0.3, 0.4) is 0 Å². The first-order valence-corrected chi connectivity index (χ1v) is 26.0. The molecule has 2 aliphatic heterocycles. The zero-order valence-electron chi connectivity index (χ0n) is 44.8.